The molecule has 0 radical (unpaired) electrons. The predicted molar refractivity (Wildman–Crippen MR) is 79.2 cm³/mol. The first-order valence-electron chi connectivity index (χ1n) is 5.57. The van der Waals surface area contributed by atoms with E-state index in [0.29, 0.717) is 21.3 Å². The lowest BCUT2D eigenvalue weighted by molar-refractivity contribution is -0.131. The van der Waals surface area contributed by atoms with Crippen molar-refractivity contribution >= 4 is 35.2 Å². The summed E-state index contributed by atoms with van der Waals surface area (Å²) in [6.45, 7) is 0. The highest BCUT2D eigenvalue weighted by Gasteiger charge is 2.06. The van der Waals surface area contributed by atoms with Crippen molar-refractivity contribution in [2.75, 3.05) is 0 Å². The number of hydrogen-bond donors (Lipinski definition) is 2. The zero-order valence-electron chi connectivity index (χ0n) is 10.1. The van der Waals surface area contributed by atoms with Gasteiger partial charge in [0, 0.05) is 32.9 Å². The van der Waals surface area contributed by atoms with E-state index in [1.54, 1.807) is 24.3 Å². The Hall–Kier alpha value is -2.04. The van der Waals surface area contributed by atoms with Gasteiger partial charge in [0.2, 0.25) is 0 Å². The van der Waals surface area contributed by atoms with Crippen molar-refractivity contribution in [3.63, 3.8) is 0 Å². The second-order valence-electron chi connectivity index (χ2n) is 3.95. The number of aliphatic carboxylic acids is 1. The number of carboxylic acids is 1. The number of aromatic nitrogens is 1. The van der Waals surface area contributed by atoms with Gasteiger partial charge < -0.3 is 10.1 Å². The first kappa shape index (κ1) is 14.4. The van der Waals surface area contributed by atoms with Crippen molar-refractivity contribution in [3.05, 3.63) is 62.4 Å². The minimum absolute atomic E-state index is 0.245. The Morgan fingerprint density at radius 3 is 2.60 bits per heavy atom. The highest BCUT2D eigenvalue weighted by molar-refractivity contribution is 6.35. The van der Waals surface area contributed by atoms with Gasteiger partial charge in [-0.2, -0.15) is 0 Å². The fourth-order valence-electron chi connectivity index (χ4n) is 1.64. The van der Waals surface area contributed by atoms with Gasteiger partial charge in [-0.15, -0.1) is 0 Å². The number of pyridine rings is 1. The fraction of sp³-hybridized carbons (Fsp3) is 0. The summed E-state index contributed by atoms with van der Waals surface area (Å²) in [7, 11) is 0. The summed E-state index contributed by atoms with van der Waals surface area (Å²) in [6, 6.07) is 8.08. The van der Waals surface area contributed by atoms with E-state index in [4.69, 9.17) is 28.3 Å². The number of benzene rings is 1. The summed E-state index contributed by atoms with van der Waals surface area (Å²) in [5.74, 6) is -1.12. The lowest BCUT2D eigenvalue weighted by Gasteiger charge is -2.05. The second kappa shape index (κ2) is 5.94. The molecule has 2 aromatic rings. The lowest BCUT2D eigenvalue weighted by Crippen LogP contribution is -2.10. The maximum Gasteiger partial charge on any atom is 0.328 e. The van der Waals surface area contributed by atoms with Gasteiger partial charge in [0.15, 0.2) is 0 Å². The first-order chi connectivity index (χ1) is 9.47. The molecule has 1 aromatic heterocycles. The molecule has 0 fully saturated rings. The summed E-state index contributed by atoms with van der Waals surface area (Å²) in [5, 5.41) is 9.49. The van der Waals surface area contributed by atoms with Crippen LogP contribution in [0.25, 0.3) is 17.3 Å². The van der Waals surface area contributed by atoms with Crippen LogP contribution in [-0.4, -0.2) is 16.1 Å². The summed E-state index contributed by atoms with van der Waals surface area (Å²) < 4.78 is 0. The van der Waals surface area contributed by atoms with Crippen LogP contribution in [0.5, 0.6) is 0 Å². The van der Waals surface area contributed by atoms with E-state index in [0.717, 1.165) is 6.08 Å². The smallest absolute Gasteiger partial charge is 0.328 e. The molecule has 0 aliphatic carbocycles. The molecule has 0 spiro atoms. The highest BCUT2D eigenvalue weighted by atomic mass is 35.5. The Balaban J connectivity index is 2.46. The van der Waals surface area contributed by atoms with E-state index in [9.17, 15) is 9.59 Å². The van der Waals surface area contributed by atoms with Gasteiger partial charge >= 0.3 is 5.97 Å². The molecule has 0 aliphatic heterocycles. The van der Waals surface area contributed by atoms with Gasteiger partial charge in [-0.3, -0.25) is 4.79 Å². The van der Waals surface area contributed by atoms with Crippen molar-refractivity contribution in [1.29, 1.82) is 0 Å². The predicted octanol–water partition coefficient (Wildman–Crippen LogP) is 3.45. The van der Waals surface area contributed by atoms with E-state index >= 15 is 0 Å². The molecule has 0 aliphatic rings. The van der Waals surface area contributed by atoms with Crippen LogP contribution in [-0.2, 0) is 4.79 Å². The summed E-state index contributed by atoms with van der Waals surface area (Å²) in [4.78, 5) is 24.9. The van der Waals surface area contributed by atoms with Gasteiger partial charge in [-0.25, -0.2) is 4.79 Å². The Labute approximate surface area is 124 Å². The number of rotatable bonds is 3. The molecule has 1 aromatic carbocycles. The molecule has 0 saturated carbocycles. The second-order valence-corrected chi connectivity index (χ2v) is 4.80. The van der Waals surface area contributed by atoms with Crippen LogP contribution >= 0.6 is 23.2 Å². The quantitative estimate of drug-likeness (QED) is 0.853. The average molecular weight is 310 g/mol. The van der Waals surface area contributed by atoms with E-state index in [1.165, 1.54) is 12.1 Å². The zero-order valence-corrected chi connectivity index (χ0v) is 11.6. The van der Waals surface area contributed by atoms with Crippen LogP contribution in [0.4, 0.5) is 0 Å². The first-order valence-corrected chi connectivity index (χ1v) is 6.33. The monoisotopic (exact) mass is 309 g/mol. The maximum absolute atomic E-state index is 11.8. The van der Waals surface area contributed by atoms with Crippen molar-refractivity contribution < 1.29 is 9.90 Å². The number of aromatic amines is 1. The largest absolute Gasteiger partial charge is 0.478 e. The Bertz CT molecular complexity index is 750. The number of halogens is 2. The minimum Gasteiger partial charge on any atom is -0.478 e. The molecule has 0 unspecified atom stereocenters. The molecule has 0 bridgehead atoms. The standard InChI is InChI=1S/C14H9Cl2NO3/c15-9-3-4-11(16)10(7-9)12-5-1-8(14(20)17-12)2-6-13(18)19/h1-7H,(H,17,20)(H,18,19)/b6-2+. The van der Waals surface area contributed by atoms with Gasteiger partial charge in [-0.05, 0) is 36.4 Å². The third-order valence-corrected chi connectivity index (χ3v) is 3.13. The number of hydrogen-bond acceptors (Lipinski definition) is 2. The molecule has 6 heteroatoms. The Kier molecular flexibility index (Phi) is 4.27. The normalized spacial score (nSPS) is 10.9. The maximum atomic E-state index is 11.8. The van der Waals surface area contributed by atoms with Gasteiger partial charge in [0.05, 0.1) is 0 Å². The molecule has 0 amide bonds. The van der Waals surface area contributed by atoms with Crippen LogP contribution in [0.3, 0.4) is 0 Å². The number of carbonyl (C=O) groups is 1. The van der Waals surface area contributed by atoms with Crippen molar-refractivity contribution in [1.82, 2.24) is 4.98 Å². The topological polar surface area (TPSA) is 70.2 Å². The van der Waals surface area contributed by atoms with E-state index in [-0.39, 0.29) is 5.56 Å². The molecule has 2 rings (SSSR count). The van der Waals surface area contributed by atoms with Crippen molar-refractivity contribution in [2.45, 2.75) is 0 Å². The average Bonchev–Trinajstić information content (AvgIpc) is 2.40. The van der Waals surface area contributed by atoms with E-state index < -0.39 is 11.5 Å². The molecular formula is C14H9Cl2NO3. The highest BCUT2D eigenvalue weighted by Crippen LogP contribution is 2.28. The summed E-state index contributed by atoms with van der Waals surface area (Å²) in [5.41, 5.74) is 0.949. The number of carboxylic acid groups (broad SMARTS) is 1. The number of nitrogens with one attached hydrogen (secondary N) is 1. The minimum atomic E-state index is -1.12. The van der Waals surface area contributed by atoms with Gasteiger partial charge in [-0.1, -0.05) is 23.2 Å². The molecule has 4 nitrogen and oxygen atoms in total. The summed E-state index contributed by atoms with van der Waals surface area (Å²) in [6.07, 6.45) is 2.13. The van der Waals surface area contributed by atoms with Crippen molar-refractivity contribution in [2.24, 2.45) is 0 Å². The molecule has 1 heterocycles. The lowest BCUT2D eigenvalue weighted by atomic mass is 10.1. The Morgan fingerprint density at radius 1 is 1.20 bits per heavy atom. The van der Waals surface area contributed by atoms with E-state index in [2.05, 4.69) is 4.98 Å². The fourth-order valence-corrected chi connectivity index (χ4v) is 2.03. The molecule has 0 saturated heterocycles. The zero-order chi connectivity index (χ0) is 14.7. The number of H-pyrrole nitrogens is 1. The van der Waals surface area contributed by atoms with Gasteiger partial charge in [0.25, 0.3) is 5.56 Å². The van der Waals surface area contributed by atoms with Crippen molar-refractivity contribution in [3.8, 4) is 11.3 Å². The van der Waals surface area contributed by atoms with Crippen LogP contribution in [0.1, 0.15) is 5.56 Å². The third-order valence-electron chi connectivity index (χ3n) is 2.56. The molecule has 2 N–H and O–H groups in total. The van der Waals surface area contributed by atoms with Gasteiger partial charge in [0.1, 0.15) is 0 Å². The Morgan fingerprint density at radius 2 is 1.95 bits per heavy atom. The third kappa shape index (κ3) is 3.29. The van der Waals surface area contributed by atoms with Crippen LogP contribution in [0.2, 0.25) is 10.0 Å². The molecular weight excluding hydrogens is 301 g/mol. The van der Waals surface area contributed by atoms with Crippen LogP contribution in [0.15, 0.2) is 41.2 Å². The molecule has 102 valence electrons. The SMILES string of the molecule is O=C(O)/C=C/c1ccc(-c2cc(Cl)ccc2Cl)[nH]c1=O. The van der Waals surface area contributed by atoms with Crippen LogP contribution < -0.4 is 5.56 Å². The van der Waals surface area contributed by atoms with Crippen LogP contribution in [0, 0.1) is 0 Å². The summed E-state index contributed by atoms with van der Waals surface area (Å²) >= 11 is 11.9. The molecule has 20 heavy (non-hydrogen) atoms. The van der Waals surface area contributed by atoms with E-state index in [1.807, 2.05) is 0 Å². The molecule has 0 atom stereocenters.